The third kappa shape index (κ3) is 3.82. The summed E-state index contributed by atoms with van der Waals surface area (Å²) in [6.45, 7) is 1.73. The summed E-state index contributed by atoms with van der Waals surface area (Å²) in [4.78, 5) is -0.831. The fourth-order valence-electron chi connectivity index (χ4n) is 2.62. The number of primary sulfonamides is 1. The molecule has 0 aliphatic rings. The van der Waals surface area contributed by atoms with Crippen LogP contribution in [0, 0.1) is 12.7 Å². The number of aromatic nitrogens is 1. The summed E-state index contributed by atoms with van der Waals surface area (Å²) < 4.78 is 82.9. The van der Waals surface area contributed by atoms with Crippen molar-refractivity contribution in [3.8, 4) is 22.5 Å². The van der Waals surface area contributed by atoms with Gasteiger partial charge in [-0.3, -0.25) is 0 Å². The predicted octanol–water partition coefficient (Wildman–Crippen LogP) is 4.88. The highest BCUT2D eigenvalue weighted by atomic mass is 79.9. The zero-order chi connectivity index (χ0) is 20.9. The van der Waals surface area contributed by atoms with Gasteiger partial charge in [-0.15, -0.1) is 0 Å². The van der Waals surface area contributed by atoms with Gasteiger partial charge in [0.15, 0.2) is 11.5 Å². The average Bonchev–Trinajstić information content (AvgIpc) is 3.01. The number of halogens is 5. The number of aryl methyl sites for hydroxylation is 1. The number of nitrogens with zero attached hydrogens (tertiary/aromatic N) is 1. The number of hydrogen-bond donors (Lipinski definition) is 1. The maximum Gasteiger partial charge on any atom is 0.437 e. The minimum absolute atomic E-state index is 0.231. The molecule has 0 aliphatic carbocycles. The monoisotopic (exact) mass is 478 g/mol. The molecule has 0 saturated carbocycles. The van der Waals surface area contributed by atoms with E-state index in [2.05, 4.69) is 21.1 Å². The summed E-state index contributed by atoms with van der Waals surface area (Å²) in [5.41, 5.74) is -1.10. The molecule has 3 aromatic rings. The third-order valence-electron chi connectivity index (χ3n) is 3.91. The lowest BCUT2D eigenvalue weighted by Crippen LogP contribution is -2.14. The van der Waals surface area contributed by atoms with Crippen LogP contribution in [0.1, 0.15) is 11.3 Å². The van der Waals surface area contributed by atoms with E-state index in [-0.39, 0.29) is 16.9 Å². The van der Waals surface area contributed by atoms with Gasteiger partial charge in [-0.05, 0) is 48.4 Å². The molecule has 0 spiro atoms. The van der Waals surface area contributed by atoms with Crippen molar-refractivity contribution in [3.05, 3.63) is 57.9 Å². The van der Waals surface area contributed by atoms with Gasteiger partial charge in [-0.1, -0.05) is 27.2 Å². The van der Waals surface area contributed by atoms with Gasteiger partial charge in [0.05, 0.1) is 5.56 Å². The maximum absolute atomic E-state index is 14.2. The molecular weight excluding hydrogens is 468 g/mol. The Labute approximate surface area is 165 Å². The molecule has 0 aliphatic heterocycles. The first kappa shape index (κ1) is 20.5. The van der Waals surface area contributed by atoms with Crippen LogP contribution in [0.25, 0.3) is 22.5 Å². The van der Waals surface area contributed by atoms with Crippen molar-refractivity contribution >= 4 is 26.0 Å². The Morgan fingerprint density at radius 2 is 1.75 bits per heavy atom. The second kappa shape index (κ2) is 6.98. The van der Waals surface area contributed by atoms with Crippen molar-refractivity contribution in [1.29, 1.82) is 0 Å². The molecule has 0 atom stereocenters. The number of alkyl halides is 3. The molecular formula is C17H11BrF4N2O3S. The van der Waals surface area contributed by atoms with E-state index in [0.29, 0.717) is 6.07 Å². The van der Waals surface area contributed by atoms with Gasteiger partial charge >= 0.3 is 6.18 Å². The number of benzene rings is 2. The fraction of sp³-hybridized carbons (Fsp3) is 0.118. The van der Waals surface area contributed by atoms with Crippen LogP contribution in [-0.2, 0) is 16.2 Å². The highest BCUT2D eigenvalue weighted by Gasteiger charge is 2.40. The van der Waals surface area contributed by atoms with Crippen molar-refractivity contribution in [1.82, 2.24) is 5.16 Å². The van der Waals surface area contributed by atoms with Crippen LogP contribution in [0.15, 0.2) is 50.3 Å². The Kier molecular flexibility index (Phi) is 5.11. The predicted molar refractivity (Wildman–Crippen MR) is 96.1 cm³/mol. The standard InChI is InChI=1S/C17H11BrF4N2O3S/c1-8-6-10(2-4-11(8)18)15-14(16(24-27-15)17(20,21)22)9-3-5-13(12(19)7-9)28(23,25)26/h2-7H,1H3,(H2,23,25,26). The van der Waals surface area contributed by atoms with Crippen molar-refractivity contribution < 1.29 is 30.5 Å². The molecule has 5 nitrogen and oxygen atoms in total. The Morgan fingerprint density at radius 1 is 1.11 bits per heavy atom. The molecule has 2 N–H and O–H groups in total. The Hall–Kier alpha value is -2.24. The van der Waals surface area contributed by atoms with Crippen molar-refractivity contribution in [3.63, 3.8) is 0 Å². The number of rotatable bonds is 3. The normalized spacial score (nSPS) is 12.4. The molecule has 11 heteroatoms. The minimum atomic E-state index is -4.88. The van der Waals surface area contributed by atoms with Crippen LogP contribution in [0.3, 0.4) is 0 Å². The zero-order valence-electron chi connectivity index (χ0n) is 14.0. The second-order valence-corrected chi connectivity index (χ2v) is 8.27. The average molecular weight is 479 g/mol. The van der Waals surface area contributed by atoms with E-state index in [1.807, 2.05) is 0 Å². The van der Waals surface area contributed by atoms with Crippen LogP contribution in [0.5, 0.6) is 0 Å². The summed E-state index contributed by atoms with van der Waals surface area (Å²) in [6, 6.07) is 7.16. The summed E-state index contributed by atoms with van der Waals surface area (Å²) in [6.07, 6.45) is -4.88. The van der Waals surface area contributed by atoms with Crippen LogP contribution in [-0.4, -0.2) is 13.6 Å². The number of sulfonamides is 1. The Balaban J connectivity index is 2.28. The van der Waals surface area contributed by atoms with Gasteiger partial charge in [-0.25, -0.2) is 17.9 Å². The first-order valence-electron chi connectivity index (χ1n) is 7.55. The molecule has 148 valence electrons. The summed E-state index contributed by atoms with van der Waals surface area (Å²) in [5, 5.41) is 8.01. The molecule has 0 unspecified atom stereocenters. The van der Waals surface area contributed by atoms with E-state index < -0.39 is 38.2 Å². The van der Waals surface area contributed by atoms with Crippen LogP contribution in [0.2, 0.25) is 0 Å². The molecule has 28 heavy (non-hydrogen) atoms. The highest BCUT2D eigenvalue weighted by molar-refractivity contribution is 9.10. The van der Waals surface area contributed by atoms with Gasteiger partial charge in [0, 0.05) is 10.0 Å². The van der Waals surface area contributed by atoms with Gasteiger partial charge < -0.3 is 4.52 Å². The first-order valence-corrected chi connectivity index (χ1v) is 9.89. The Morgan fingerprint density at radius 3 is 2.29 bits per heavy atom. The van der Waals surface area contributed by atoms with Gasteiger partial charge in [-0.2, -0.15) is 13.2 Å². The first-order chi connectivity index (χ1) is 12.9. The van der Waals surface area contributed by atoms with E-state index in [0.717, 1.165) is 22.2 Å². The molecule has 1 aromatic heterocycles. The lowest BCUT2D eigenvalue weighted by Gasteiger charge is -2.09. The van der Waals surface area contributed by atoms with Crippen LogP contribution < -0.4 is 5.14 Å². The number of nitrogens with two attached hydrogens (primary N) is 1. The van der Waals surface area contributed by atoms with E-state index >= 15 is 0 Å². The lowest BCUT2D eigenvalue weighted by molar-refractivity contribution is -0.142. The van der Waals surface area contributed by atoms with Crippen molar-refractivity contribution in [2.75, 3.05) is 0 Å². The summed E-state index contributed by atoms with van der Waals surface area (Å²) in [7, 11) is -4.37. The van der Waals surface area contributed by atoms with E-state index in [4.69, 9.17) is 9.66 Å². The molecule has 2 aromatic carbocycles. The van der Waals surface area contributed by atoms with Crippen LogP contribution >= 0.6 is 15.9 Å². The van der Waals surface area contributed by atoms with E-state index in [1.54, 1.807) is 19.1 Å². The van der Waals surface area contributed by atoms with Gasteiger partial charge in [0.1, 0.15) is 10.7 Å². The topological polar surface area (TPSA) is 86.2 Å². The van der Waals surface area contributed by atoms with Gasteiger partial charge in [0.25, 0.3) is 0 Å². The van der Waals surface area contributed by atoms with E-state index in [1.165, 1.54) is 6.07 Å². The molecule has 0 bridgehead atoms. The molecule has 1 heterocycles. The minimum Gasteiger partial charge on any atom is -0.355 e. The van der Waals surface area contributed by atoms with Crippen LogP contribution in [0.4, 0.5) is 17.6 Å². The summed E-state index contributed by atoms with van der Waals surface area (Å²) in [5.74, 6) is -1.52. The third-order valence-corrected chi connectivity index (χ3v) is 5.74. The zero-order valence-corrected chi connectivity index (χ0v) is 16.4. The van der Waals surface area contributed by atoms with E-state index in [9.17, 15) is 26.0 Å². The second-order valence-electron chi connectivity index (χ2n) is 5.89. The quantitative estimate of drug-likeness (QED) is 0.543. The molecule has 0 radical (unpaired) electrons. The smallest absolute Gasteiger partial charge is 0.355 e. The summed E-state index contributed by atoms with van der Waals surface area (Å²) >= 11 is 3.29. The molecule has 0 fully saturated rings. The SMILES string of the molecule is Cc1cc(-c2onc(C(F)(F)F)c2-c2ccc(S(N)(=O)=O)c(F)c2)ccc1Br. The van der Waals surface area contributed by atoms with Gasteiger partial charge in [0.2, 0.25) is 10.0 Å². The molecule has 3 rings (SSSR count). The lowest BCUT2D eigenvalue weighted by atomic mass is 9.98. The largest absolute Gasteiger partial charge is 0.437 e. The maximum atomic E-state index is 14.2. The van der Waals surface area contributed by atoms with Crippen molar-refractivity contribution in [2.24, 2.45) is 5.14 Å². The molecule has 0 amide bonds. The fourth-order valence-corrected chi connectivity index (χ4v) is 3.46. The Bertz CT molecular complexity index is 1170. The number of hydrogen-bond acceptors (Lipinski definition) is 4. The molecule has 0 saturated heterocycles. The van der Waals surface area contributed by atoms with Crippen molar-refractivity contribution in [2.45, 2.75) is 18.0 Å². The highest BCUT2D eigenvalue weighted by Crippen LogP contribution is 2.43.